The lowest BCUT2D eigenvalue weighted by molar-refractivity contribution is -0.143. The SMILES string of the molecule is CCC(C)[C@H](NC(=O)CCCOCCCCCCCOC)C(=O)O. The molecule has 0 aliphatic carbocycles. The van der Waals surface area contributed by atoms with E-state index in [2.05, 4.69) is 5.32 Å². The van der Waals surface area contributed by atoms with Crippen molar-refractivity contribution < 1.29 is 24.2 Å². The van der Waals surface area contributed by atoms with Crippen LogP contribution in [0.15, 0.2) is 0 Å². The first-order valence-electron chi connectivity index (χ1n) is 9.11. The fraction of sp³-hybridized carbons (Fsp3) is 0.889. The van der Waals surface area contributed by atoms with E-state index in [1.807, 2.05) is 13.8 Å². The molecule has 6 nitrogen and oxygen atoms in total. The summed E-state index contributed by atoms with van der Waals surface area (Å²) in [5, 5.41) is 11.7. The molecule has 0 aliphatic heterocycles. The first kappa shape index (κ1) is 22.9. The minimum absolute atomic E-state index is 0.0772. The Kier molecular flexibility index (Phi) is 14.7. The summed E-state index contributed by atoms with van der Waals surface area (Å²) in [7, 11) is 1.72. The lowest BCUT2D eigenvalue weighted by atomic mass is 9.99. The fourth-order valence-electron chi connectivity index (χ4n) is 2.35. The second kappa shape index (κ2) is 15.4. The van der Waals surface area contributed by atoms with E-state index in [1.165, 1.54) is 12.8 Å². The van der Waals surface area contributed by atoms with Gasteiger partial charge in [0, 0.05) is 33.4 Å². The first-order chi connectivity index (χ1) is 11.5. The molecular formula is C18H35NO5. The molecule has 0 aromatic heterocycles. The lowest BCUT2D eigenvalue weighted by Gasteiger charge is -2.20. The van der Waals surface area contributed by atoms with Crippen LogP contribution in [0.25, 0.3) is 0 Å². The Morgan fingerprint density at radius 1 is 1.00 bits per heavy atom. The summed E-state index contributed by atoms with van der Waals surface area (Å²) >= 11 is 0. The molecular weight excluding hydrogens is 310 g/mol. The molecule has 0 aliphatic rings. The summed E-state index contributed by atoms with van der Waals surface area (Å²) in [6.45, 7) is 5.84. The average molecular weight is 345 g/mol. The maximum absolute atomic E-state index is 11.8. The largest absolute Gasteiger partial charge is 0.480 e. The predicted molar refractivity (Wildman–Crippen MR) is 94.0 cm³/mol. The van der Waals surface area contributed by atoms with Gasteiger partial charge < -0.3 is 19.9 Å². The van der Waals surface area contributed by atoms with Crippen molar-refractivity contribution in [1.82, 2.24) is 5.32 Å². The Bertz CT molecular complexity index is 335. The van der Waals surface area contributed by atoms with Crippen LogP contribution in [0.3, 0.4) is 0 Å². The van der Waals surface area contributed by atoms with Gasteiger partial charge >= 0.3 is 5.97 Å². The third kappa shape index (κ3) is 12.3. The average Bonchev–Trinajstić information content (AvgIpc) is 2.56. The van der Waals surface area contributed by atoms with E-state index in [9.17, 15) is 9.59 Å². The molecule has 0 rings (SSSR count). The molecule has 2 atom stereocenters. The minimum atomic E-state index is -0.973. The van der Waals surface area contributed by atoms with Gasteiger partial charge in [-0.05, 0) is 25.2 Å². The van der Waals surface area contributed by atoms with Gasteiger partial charge in [0.1, 0.15) is 6.04 Å². The number of nitrogens with one attached hydrogen (secondary N) is 1. The fourth-order valence-corrected chi connectivity index (χ4v) is 2.35. The highest BCUT2D eigenvalue weighted by atomic mass is 16.5. The van der Waals surface area contributed by atoms with Crippen molar-refractivity contribution >= 4 is 11.9 Å². The van der Waals surface area contributed by atoms with E-state index in [-0.39, 0.29) is 11.8 Å². The summed E-state index contributed by atoms with van der Waals surface area (Å²) in [5.41, 5.74) is 0. The molecule has 24 heavy (non-hydrogen) atoms. The molecule has 0 saturated carbocycles. The second-order valence-corrected chi connectivity index (χ2v) is 6.25. The molecule has 0 aromatic rings. The maximum atomic E-state index is 11.8. The monoisotopic (exact) mass is 345 g/mol. The van der Waals surface area contributed by atoms with Gasteiger partial charge in [0.25, 0.3) is 0 Å². The van der Waals surface area contributed by atoms with Crippen molar-refractivity contribution in [2.24, 2.45) is 5.92 Å². The molecule has 0 heterocycles. The number of amides is 1. The predicted octanol–water partition coefficient (Wildman–Crippen LogP) is 3.00. The van der Waals surface area contributed by atoms with Crippen LogP contribution in [-0.2, 0) is 19.1 Å². The summed E-state index contributed by atoms with van der Waals surface area (Å²) in [6, 6.07) is -0.804. The molecule has 0 fully saturated rings. The zero-order valence-electron chi connectivity index (χ0n) is 15.5. The third-order valence-corrected chi connectivity index (χ3v) is 4.13. The Balaban J connectivity index is 3.56. The molecule has 0 bridgehead atoms. The van der Waals surface area contributed by atoms with Gasteiger partial charge in [-0.2, -0.15) is 0 Å². The van der Waals surface area contributed by atoms with Crippen LogP contribution in [0.2, 0.25) is 0 Å². The van der Waals surface area contributed by atoms with Crippen LogP contribution in [0.4, 0.5) is 0 Å². The third-order valence-electron chi connectivity index (χ3n) is 4.13. The highest BCUT2D eigenvalue weighted by Crippen LogP contribution is 2.08. The van der Waals surface area contributed by atoms with Crippen LogP contribution in [0, 0.1) is 5.92 Å². The van der Waals surface area contributed by atoms with Crippen molar-refractivity contribution in [3.05, 3.63) is 0 Å². The molecule has 142 valence electrons. The number of ether oxygens (including phenoxy) is 2. The number of carbonyl (C=O) groups is 2. The molecule has 2 N–H and O–H groups in total. The standard InChI is InChI=1S/C18H35NO5/c1-4-15(2)17(18(21)22)19-16(20)11-10-14-24-13-9-7-5-6-8-12-23-3/h15,17H,4-14H2,1-3H3,(H,19,20)(H,21,22)/t15?,17-/m0/s1. The van der Waals surface area contributed by atoms with Gasteiger partial charge in [0.15, 0.2) is 0 Å². The van der Waals surface area contributed by atoms with E-state index >= 15 is 0 Å². The first-order valence-corrected chi connectivity index (χ1v) is 9.11. The van der Waals surface area contributed by atoms with Crippen LogP contribution >= 0.6 is 0 Å². The molecule has 1 unspecified atom stereocenters. The van der Waals surface area contributed by atoms with E-state index in [0.717, 1.165) is 32.5 Å². The van der Waals surface area contributed by atoms with Crippen LogP contribution in [-0.4, -0.2) is 50.0 Å². The number of hydrogen-bond acceptors (Lipinski definition) is 4. The zero-order valence-corrected chi connectivity index (χ0v) is 15.5. The lowest BCUT2D eigenvalue weighted by Crippen LogP contribution is -2.45. The van der Waals surface area contributed by atoms with Crippen molar-refractivity contribution in [3.63, 3.8) is 0 Å². The number of carboxylic acids is 1. The van der Waals surface area contributed by atoms with Gasteiger partial charge in [-0.25, -0.2) is 4.79 Å². The Labute approximate surface area is 146 Å². The van der Waals surface area contributed by atoms with Crippen molar-refractivity contribution in [1.29, 1.82) is 0 Å². The van der Waals surface area contributed by atoms with E-state index in [1.54, 1.807) is 7.11 Å². The number of aliphatic carboxylic acids is 1. The number of carbonyl (C=O) groups excluding carboxylic acids is 1. The summed E-state index contributed by atoms with van der Waals surface area (Å²) in [5.74, 6) is -1.27. The van der Waals surface area contributed by atoms with Crippen molar-refractivity contribution in [3.8, 4) is 0 Å². The Morgan fingerprint density at radius 2 is 1.58 bits per heavy atom. The summed E-state index contributed by atoms with van der Waals surface area (Å²) in [6.07, 6.45) is 7.32. The van der Waals surface area contributed by atoms with Gasteiger partial charge in [0.2, 0.25) is 5.91 Å². The van der Waals surface area contributed by atoms with Gasteiger partial charge in [0.05, 0.1) is 0 Å². The number of methoxy groups -OCH3 is 1. The number of carboxylic acid groups (broad SMARTS) is 1. The number of rotatable bonds is 16. The Hall–Kier alpha value is -1.14. The second-order valence-electron chi connectivity index (χ2n) is 6.25. The quantitative estimate of drug-likeness (QED) is 0.420. The van der Waals surface area contributed by atoms with Crippen molar-refractivity contribution in [2.45, 2.75) is 71.3 Å². The molecule has 0 aromatic carbocycles. The van der Waals surface area contributed by atoms with Crippen LogP contribution in [0.1, 0.15) is 65.2 Å². The Morgan fingerprint density at radius 3 is 2.17 bits per heavy atom. The van der Waals surface area contributed by atoms with E-state index in [0.29, 0.717) is 25.9 Å². The number of hydrogen-bond donors (Lipinski definition) is 2. The van der Waals surface area contributed by atoms with Gasteiger partial charge in [-0.3, -0.25) is 4.79 Å². The van der Waals surface area contributed by atoms with E-state index < -0.39 is 12.0 Å². The summed E-state index contributed by atoms with van der Waals surface area (Å²) in [4.78, 5) is 22.9. The van der Waals surface area contributed by atoms with Gasteiger partial charge in [-0.1, -0.05) is 39.5 Å². The summed E-state index contributed by atoms with van der Waals surface area (Å²) < 4.78 is 10.5. The molecule has 1 amide bonds. The topological polar surface area (TPSA) is 84.9 Å². The normalized spacial score (nSPS) is 13.5. The molecule has 0 spiro atoms. The zero-order chi connectivity index (χ0) is 18.2. The molecule has 0 radical (unpaired) electrons. The van der Waals surface area contributed by atoms with Crippen LogP contribution in [0.5, 0.6) is 0 Å². The van der Waals surface area contributed by atoms with Crippen LogP contribution < -0.4 is 5.32 Å². The highest BCUT2D eigenvalue weighted by Gasteiger charge is 2.24. The molecule has 6 heteroatoms. The maximum Gasteiger partial charge on any atom is 0.326 e. The minimum Gasteiger partial charge on any atom is -0.480 e. The molecule has 0 saturated heterocycles. The van der Waals surface area contributed by atoms with Gasteiger partial charge in [-0.15, -0.1) is 0 Å². The smallest absolute Gasteiger partial charge is 0.326 e. The highest BCUT2D eigenvalue weighted by molar-refractivity contribution is 5.83. The number of unbranched alkanes of at least 4 members (excludes halogenated alkanes) is 4. The van der Waals surface area contributed by atoms with Crippen molar-refractivity contribution in [2.75, 3.05) is 26.9 Å². The van der Waals surface area contributed by atoms with E-state index in [4.69, 9.17) is 14.6 Å².